The van der Waals surface area contributed by atoms with Crippen LogP contribution in [0, 0.1) is 0 Å². The van der Waals surface area contributed by atoms with Crippen LogP contribution in [0.4, 0.5) is 4.79 Å². The zero-order valence-electron chi connectivity index (χ0n) is 15.3. The molecule has 0 aliphatic carbocycles. The summed E-state index contributed by atoms with van der Waals surface area (Å²) in [6.45, 7) is 10.7. The summed E-state index contributed by atoms with van der Waals surface area (Å²) >= 11 is 0. The van der Waals surface area contributed by atoms with Crippen molar-refractivity contribution in [1.29, 1.82) is 0 Å². The van der Waals surface area contributed by atoms with Gasteiger partial charge in [-0.2, -0.15) is 0 Å². The molecule has 1 N–H and O–H groups in total. The lowest BCUT2D eigenvalue weighted by molar-refractivity contribution is 0.00966. The van der Waals surface area contributed by atoms with Crippen molar-refractivity contribution in [2.24, 2.45) is 0 Å². The molecule has 2 unspecified atom stereocenters. The molecule has 22 heavy (non-hydrogen) atoms. The van der Waals surface area contributed by atoms with Crippen molar-refractivity contribution in [1.82, 2.24) is 15.1 Å². The van der Waals surface area contributed by atoms with Gasteiger partial charge in [0.15, 0.2) is 0 Å². The van der Waals surface area contributed by atoms with E-state index in [0.29, 0.717) is 6.04 Å². The van der Waals surface area contributed by atoms with E-state index >= 15 is 0 Å². The molecular weight excluding hydrogens is 278 g/mol. The van der Waals surface area contributed by atoms with E-state index < -0.39 is 5.60 Å². The Morgan fingerprint density at radius 3 is 2.64 bits per heavy atom. The number of nitrogens with one attached hydrogen (secondary N) is 1. The summed E-state index contributed by atoms with van der Waals surface area (Å²) in [6.07, 6.45) is 4.28. The number of ether oxygens (including phenoxy) is 1. The van der Waals surface area contributed by atoms with Gasteiger partial charge in [0.05, 0.1) is 0 Å². The number of carbonyl (C=O) groups is 1. The van der Waals surface area contributed by atoms with Crippen molar-refractivity contribution in [2.75, 3.05) is 33.7 Å². The smallest absolute Gasteiger partial charge is 0.410 e. The molecule has 0 radical (unpaired) electrons. The Hall–Kier alpha value is -0.810. The SMILES string of the molecule is CC(CCN(C)C)NCC1CCCCN1C(=O)OC(C)(C)C. The van der Waals surface area contributed by atoms with Crippen LogP contribution in [0.3, 0.4) is 0 Å². The molecule has 0 bridgehead atoms. The van der Waals surface area contributed by atoms with Crippen molar-refractivity contribution < 1.29 is 9.53 Å². The Bertz CT molecular complexity index is 339. The van der Waals surface area contributed by atoms with Crippen LogP contribution in [0.15, 0.2) is 0 Å². The first-order valence-corrected chi connectivity index (χ1v) is 8.57. The summed E-state index contributed by atoms with van der Waals surface area (Å²) < 4.78 is 5.55. The number of hydrogen-bond donors (Lipinski definition) is 1. The van der Waals surface area contributed by atoms with Crippen LogP contribution < -0.4 is 5.32 Å². The molecule has 0 spiro atoms. The maximum atomic E-state index is 12.4. The maximum Gasteiger partial charge on any atom is 0.410 e. The Balaban J connectivity index is 2.46. The van der Waals surface area contributed by atoms with E-state index in [0.717, 1.165) is 38.9 Å². The van der Waals surface area contributed by atoms with Crippen molar-refractivity contribution in [3.05, 3.63) is 0 Å². The Morgan fingerprint density at radius 2 is 2.05 bits per heavy atom. The highest BCUT2D eigenvalue weighted by atomic mass is 16.6. The molecule has 1 aliphatic rings. The molecule has 0 aromatic carbocycles. The van der Waals surface area contributed by atoms with Crippen molar-refractivity contribution in [3.63, 3.8) is 0 Å². The van der Waals surface area contributed by atoms with Gasteiger partial charge in [-0.05, 0) is 74.0 Å². The molecule has 0 saturated carbocycles. The van der Waals surface area contributed by atoms with Crippen LogP contribution in [0.25, 0.3) is 0 Å². The molecule has 1 saturated heterocycles. The third-order valence-corrected chi connectivity index (χ3v) is 3.97. The van der Waals surface area contributed by atoms with Crippen molar-refractivity contribution >= 4 is 6.09 Å². The van der Waals surface area contributed by atoms with E-state index in [-0.39, 0.29) is 12.1 Å². The maximum absolute atomic E-state index is 12.4. The lowest BCUT2D eigenvalue weighted by Gasteiger charge is -2.37. The number of hydrogen-bond acceptors (Lipinski definition) is 4. The lowest BCUT2D eigenvalue weighted by Crippen LogP contribution is -2.51. The predicted molar refractivity (Wildman–Crippen MR) is 91.2 cm³/mol. The summed E-state index contributed by atoms with van der Waals surface area (Å²) in [7, 11) is 4.19. The molecule has 130 valence electrons. The lowest BCUT2D eigenvalue weighted by atomic mass is 10.0. The number of nitrogens with zero attached hydrogens (tertiary/aromatic N) is 2. The van der Waals surface area contributed by atoms with Gasteiger partial charge in [-0.25, -0.2) is 4.79 Å². The van der Waals surface area contributed by atoms with Gasteiger partial charge in [0.2, 0.25) is 0 Å². The van der Waals surface area contributed by atoms with Gasteiger partial charge in [0, 0.05) is 25.2 Å². The average molecular weight is 313 g/mol. The molecule has 1 heterocycles. The van der Waals surface area contributed by atoms with Gasteiger partial charge in [0.25, 0.3) is 0 Å². The number of amides is 1. The van der Waals surface area contributed by atoms with Gasteiger partial charge in [-0.1, -0.05) is 0 Å². The highest BCUT2D eigenvalue weighted by molar-refractivity contribution is 5.68. The van der Waals surface area contributed by atoms with Crippen LogP contribution in [0.1, 0.15) is 53.4 Å². The van der Waals surface area contributed by atoms with Gasteiger partial charge in [-0.15, -0.1) is 0 Å². The molecule has 1 aliphatic heterocycles. The molecule has 5 heteroatoms. The largest absolute Gasteiger partial charge is 0.444 e. The fourth-order valence-corrected chi connectivity index (χ4v) is 2.66. The zero-order chi connectivity index (χ0) is 16.8. The number of piperidine rings is 1. The molecular formula is C17H35N3O2. The standard InChI is InChI=1S/C17H35N3O2/c1-14(10-12-19(5)6)18-13-15-9-7-8-11-20(15)16(21)22-17(2,3)4/h14-15,18H,7-13H2,1-6H3. The van der Waals surface area contributed by atoms with Gasteiger partial charge in [0.1, 0.15) is 5.60 Å². The van der Waals surface area contributed by atoms with Crippen molar-refractivity contribution in [3.8, 4) is 0 Å². The average Bonchev–Trinajstić information content (AvgIpc) is 2.41. The second-order valence-corrected chi connectivity index (χ2v) is 7.72. The topological polar surface area (TPSA) is 44.8 Å². The van der Waals surface area contributed by atoms with E-state index in [9.17, 15) is 4.79 Å². The molecule has 5 nitrogen and oxygen atoms in total. The summed E-state index contributed by atoms with van der Waals surface area (Å²) in [5.41, 5.74) is -0.425. The fraction of sp³-hybridized carbons (Fsp3) is 0.941. The molecule has 2 atom stereocenters. The second kappa shape index (κ2) is 8.73. The fourth-order valence-electron chi connectivity index (χ4n) is 2.66. The van der Waals surface area contributed by atoms with E-state index in [1.165, 1.54) is 6.42 Å². The minimum Gasteiger partial charge on any atom is -0.444 e. The molecule has 0 aromatic heterocycles. The van der Waals surface area contributed by atoms with Crippen LogP contribution in [-0.4, -0.2) is 67.3 Å². The minimum absolute atomic E-state index is 0.167. The Morgan fingerprint density at radius 1 is 1.36 bits per heavy atom. The van der Waals surface area contributed by atoms with Crippen LogP contribution in [-0.2, 0) is 4.74 Å². The van der Waals surface area contributed by atoms with Crippen molar-refractivity contribution in [2.45, 2.75) is 71.1 Å². The monoisotopic (exact) mass is 313 g/mol. The van der Waals surface area contributed by atoms with E-state index in [2.05, 4.69) is 31.2 Å². The second-order valence-electron chi connectivity index (χ2n) is 7.72. The first-order valence-electron chi connectivity index (χ1n) is 8.57. The van der Waals surface area contributed by atoms with Gasteiger partial charge < -0.3 is 19.9 Å². The predicted octanol–water partition coefficient (Wildman–Crippen LogP) is 2.71. The number of rotatable bonds is 6. The zero-order valence-corrected chi connectivity index (χ0v) is 15.3. The summed E-state index contributed by atoms with van der Waals surface area (Å²) in [5, 5.41) is 3.58. The highest BCUT2D eigenvalue weighted by Gasteiger charge is 2.30. The highest BCUT2D eigenvalue weighted by Crippen LogP contribution is 2.20. The molecule has 0 aromatic rings. The summed E-state index contributed by atoms with van der Waals surface area (Å²) in [4.78, 5) is 16.5. The quantitative estimate of drug-likeness (QED) is 0.819. The molecule has 1 amide bonds. The normalized spacial score (nSPS) is 21.0. The number of carbonyl (C=O) groups excluding carboxylic acids is 1. The minimum atomic E-state index is -0.425. The molecule has 1 fully saturated rings. The molecule has 1 rings (SSSR count). The van der Waals surface area contributed by atoms with E-state index in [1.54, 1.807) is 0 Å². The van der Waals surface area contributed by atoms with Crippen LogP contribution >= 0.6 is 0 Å². The van der Waals surface area contributed by atoms with Gasteiger partial charge >= 0.3 is 6.09 Å². The van der Waals surface area contributed by atoms with Gasteiger partial charge in [-0.3, -0.25) is 0 Å². The first kappa shape index (κ1) is 19.2. The summed E-state index contributed by atoms with van der Waals surface area (Å²) in [6, 6.07) is 0.718. The van der Waals surface area contributed by atoms with Crippen LogP contribution in [0.2, 0.25) is 0 Å². The van der Waals surface area contributed by atoms with E-state index in [1.807, 2.05) is 25.7 Å². The first-order chi connectivity index (χ1) is 10.2. The summed E-state index contributed by atoms with van der Waals surface area (Å²) in [5.74, 6) is 0. The third-order valence-electron chi connectivity index (χ3n) is 3.97. The third kappa shape index (κ3) is 7.45. The van der Waals surface area contributed by atoms with E-state index in [4.69, 9.17) is 4.74 Å². The van der Waals surface area contributed by atoms with Crippen LogP contribution in [0.5, 0.6) is 0 Å². The Kier molecular flexibility index (Phi) is 7.63. The number of likely N-dealkylation sites (tertiary alicyclic amines) is 1. The Labute approximate surface area is 136 Å².